The highest BCUT2D eigenvalue weighted by atomic mass is 35.5. The summed E-state index contributed by atoms with van der Waals surface area (Å²) in [6.45, 7) is 0.978. The molecule has 0 spiro atoms. The van der Waals surface area contributed by atoms with Crippen molar-refractivity contribution in [2.75, 3.05) is 20.6 Å². The van der Waals surface area contributed by atoms with Gasteiger partial charge in [0.25, 0.3) is 5.91 Å². The van der Waals surface area contributed by atoms with E-state index in [9.17, 15) is 4.79 Å². The highest BCUT2D eigenvalue weighted by Gasteiger charge is 2.16. The smallest absolute Gasteiger partial charge is 0.251 e. The lowest BCUT2D eigenvalue weighted by atomic mass is 10.0. The first-order chi connectivity index (χ1) is 14.0. The van der Waals surface area contributed by atoms with E-state index < -0.39 is 0 Å². The fourth-order valence-corrected chi connectivity index (χ4v) is 3.44. The Bertz CT molecular complexity index is 906. The van der Waals surface area contributed by atoms with E-state index in [0.29, 0.717) is 10.6 Å². The zero-order valence-corrected chi connectivity index (χ0v) is 17.7. The lowest BCUT2D eigenvalue weighted by Gasteiger charge is -2.21. The van der Waals surface area contributed by atoms with Crippen molar-refractivity contribution in [3.8, 4) is 11.1 Å². The molecule has 1 atom stereocenters. The number of nitrogens with zero attached hydrogens (tertiary/aromatic N) is 1. The molecule has 0 saturated heterocycles. The normalized spacial score (nSPS) is 12.0. The number of amides is 1. The second-order valence-corrected chi connectivity index (χ2v) is 7.90. The largest absolute Gasteiger partial charge is 0.345 e. The Morgan fingerprint density at radius 1 is 0.897 bits per heavy atom. The topological polar surface area (TPSA) is 32.3 Å². The number of carbonyl (C=O) groups excluding carboxylic acids is 1. The predicted molar refractivity (Wildman–Crippen MR) is 121 cm³/mol. The first-order valence-electron chi connectivity index (χ1n) is 9.89. The van der Waals surface area contributed by atoms with Gasteiger partial charge in [0.15, 0.2) is 0 Å². The van der Waals surface area contributed by atoms with Gasteiger partial charge in [-0.3, -0.25) is 4.79 Å². The molecule has 1 amide bonds. The van der Waals surface area contributed by atoms with Crippen LogP contribution in [0, 0.1) is 0 Å². The fourth-order valence-electron chi connectivity index (χ4n) is 3.32. The number of nitrogens with one attached hydrogen (secondary N) is 1. The highest BCUT2D eigenvalue weighted by molar-refractivity contribution is 6.30. The lowest BCUT2D eigenvalue weighted by Crippen LogP contribution is -2.29. The Hall–Kier alpha value is -2.62. The van der Waals surface area contributed by atoms with Gasteiger partial charge in [0, 0.05) is 10.6 Å². The molecule has 4 heteroatoms. The van der Waals surface area contributed by atoms with Gasteiger partial charge in [-0.2, -0.15) is 0 Å². The Morgan fingerprint density at radius 2 is 1.52 bits per heavy atom. The minimum absolute atomic E-state index is 0.0477. The van der Waals surface area contributed by atoms with E-state index in [-0.39, 0.29) is 11.9 Å². The van der Waals surface area contributed by atoms with Crippen LogP contribution in [0.25, 0.3) is 11.1 Å². The second kappa shape index (κ2) is 10.2. The van der Waals surface area contributed by atoms with E-state index in [1.54, 1.807) is 0 Å². The number of benzene rings is 3. The molecule has 3 aromatic rings. The maximum absolute atomic E-state index is 12.9. The number of halogens is 1. The third-order valence-corrected chi connectivity index (χ3v) is 5.18. The van der Waals surface area contributed by atoms with E-state index in [0.717, 1.165) is 36.1 Å². The quantitative estimate of drug-likeness (QED) is 0.511. The van der Waals surface area contributed by atoms with Crippen LogP contribution in [0.1, 0.15) is 34.8 Å². The molecule has 0 aliphatic rings. The van der Waals surface area contributed by atoms with Crippen LogP contribution in [-0.2, 0) is 0 Å². The van der Waals surface area contributed by atoms with E-state index in [4.69, 9.17) is 11.6 Å². The molecule has 150 valence electrons. The summed E-state index contributed by atoms with van der Waals surface area (Å²) >= 11 is 6.04. The number of carbonyl (C=O) groups is 1. The van der Waals surface area contributed by atoms with Crippen LogP contribution in [-0.4, -0.2) is 31.4 Å². The molecule has 3 nitrogen and oxygen atoms in total. The third-order valence-electron chi connectivity index (χ3n) is 4.93. The van der Waals surface area contributed by atoms with Crippen LogP contribution in [0.2, 0.25) is 5.02 Å². The first kappa shape index (κ1) is 21.1. The molecule has 0 aliphatic heterocycles. The molecule has 0 bridgehead atoms. The summed E-state index contributed by atoms with van der Waals surface area (Å²) in [5.74, 6) is -0.0607. The average Bonchev–Trinajstić information content (AvgIpc) is 2.74. The standard InChI is InChI=1S/C25H27ClN2O/c1-28(2)18-6-9-24(21-14-16-23(26)17-15-21)27-25(29)22-12-10-20(11-13-22)19-7-4-3-5-8-19/h3-5,7-8,10-17,24H,6,9,18H2,1-2H3,(H,27,29). The molecule has 3 aromatic carbocycles. The Morgan fingerprint density at radius 3 is 2.14 bits per heavy atom. The van der Waals surface area contributed by atoms with Gasteiger partial charge in [-0.25, -0.2) is 0 Å². The minimum atomic E-state index is -0.0607. The molecule has 1 N–H and O–H groups in total. The molecule has 0 saturated carbocycles. The van der Waals surface area contributed by atoms with Gasteiger partial charge in [0.05, 0.1) is 6.04 Å². The second-order valence-electron chi connectivity index (χ2n) is 7.47. The maximum atomic E-state index is 12.9. The monoisotopic (exact) mass is 406 g/mol. The number of hydrogen-bond donors (Lipinski definition) is 1. The van der Waals surface area contributed by atoms with Gasteiger partial charge in [-0.1, -0.05) is 66.2 Å². The van der Waals surface area contributed by atoms with Crippen LogP contribution in [0.5, 0.6) is 0 Å². The van der Waals surface area contributed by atoms with E-state index in [1.807, 2.05) is 66.7 Å². The minimum Gasteiger partial charge on any atom is -0.345 e. The third kappa shape index (κ3) is 6.18. The van der Waals surface area contributed by atoms with E-state index in [1.165, 1.54) is 0 Å². The summed E-state index contributed by atoms with van der Waals surface area (Å²) < 4.78 is 0. The zero-order valence-electron chi connectivity index (χ0n) is 16.9. The van der Waals surface area contributed by atoms with Crippen molar-refractivity contribution in [1.29, 1.82) is 0 Å². The summed E-state index contributed by atoms with van der Waals surface area (Å²) in [7, 11) is 4.12. The van der Waals surface area contributed by atoms with Gasteiger partial charge in [0.2, 0.25) is 0 Å². The average molecular weight is 407 g/mol. The van der Waals surface area contributed by atoms with Crippen molar-refractivity contribution in [2.45, 2.75) is 18.9 Å². The van der Waals surface area contributed by atoms with E-state index >= 15 is 0 Å². The molecule has 1 unspecified atom stereocenters. The molecule has 0 heterocycles. The Labute approximate surface area is 178 Å². The fraction of sp³-hybridized carbons (Fsp3) is 0.240. The van der Waals surface area contributed by atoms with Crippen molar-refractivity contribution in [2.24, 2.45) is 0 Å². The SMILES string of the molecule is CN(C)CCCC(NC(=O)c1ccc(-c2ccccc2)cc1)c1ccc(Cl)cc1. The van der Waals surface area contributed by atoms with E-state index in [2.05, 4.69) is 36.4 Å². The van der Waals surface area contributed by atoms with Crippen molar-refractivity contribution in [3.63, 3.8) is 0 Å². The summed E-state index contributed by atoms with van der Waals surface area (Å²) in [5.41, 5.74) is 3.98. The Kier molecular flexibility index (Phi) is 7.45. The highest BCUT2D eigenvalue weighted by Crippen LogP contribution is 2.23. The Balaban J connectivity index is 1.72. The molecule has 3 rings (SSSR count). The zero-order chi connectivity index (χ0) is 20.6. The van der Waals surface area contributed by atoms with Gasteiger partial charge in [0.1, 0.15) is 0 Å². The molecule has 0 fully saturated rings. The van der Waals surface area contributed by atoms with Gasteiger partial charge < -0.3 is 10.2 Å². The number of hydrogen-bond acceptors (Lipinski definition) is 2. The summed E-state index contributed by atoms with van der Waals surface area (Å²) in [4.78, 5) is 15.0. The molecular weight excluding hydrogens is 380 g/mol. The van der Waals surface area contributed by atoms with Gasteiger partial charge >= 0.3 is 0 Å². The van der Waals surface area contributed by atoms with Crippen LogP contribution >= 0.6 is 11.6 Å². The van der Waals surface area contributed by atoms with Crippen molar-refractivity contribution < 1.29 is 4.79 Å². The first-order valence-corrected chi connectivity index (χ1v) is 10.3. The summed E-state index contributed by atoms with van der Waals surface area (Å²) in [5, 5.41) is 3.90. The van der Waals surface area contributed by atoms with Crippen LogP contribution in [0.4, 0.5) is 0 Å². The number of rotatable bonds is 8. The van der Waals surface area contributed by atoms with Crippen LogP contribution < -0.4 is 5.32 Å². The lowest BCUT2D eigenvalue weighted by molar-refractivity contribution is 0.0933. The summed E-state index contributed by atoms with van der Waals surface area (Å²) in [6, 6.07) is 25.6. The molecular formula is C25H27ClN2O. The van der Waals surface area contributed by atoms with Crippen LogP contribution in [0.3, 0.4) is 0 Å². The molecule has 0 aliphatic carbocycles. The molecule has 29 heavy (non-hydrogen) atoms. The maximum Gasteiger partial charge on any atom is 0.251 e. The molecule has 0 radical (unpaired) electrons. The summed E-state index contributed by atoms with van der Waals surface area (Å²) in [6.07, 6.45) is 1.86. The van der Waals surface area contributed by atoms with Crippen molar-refractivity contribution in [3.05, 3.63) is 95.0 Å². The van der Waals surface area contributed by atoms with Gasteiger partial charge in [-0.15, -0.1) is 0 Å². The van der Waals surface area contributed by atoms with Crippen LogP contribution in [0.15, 0.2) is 78.9 Å². The van der Waals surface area contributed by atoms with Gasteiger partial charge in [-0.05, 0) is 74.4 Å². The predicted octanol–water partition coefficient (Wildman–Crippen LogP) is 5.82. The molecule has 0 aromatic heterocycles. The van der Waals surface area contributed by atoms with Crippen molar-refractivity contribution in [1.82, 2.24) is 10.2 Å². The van der Waals surface area contributed by atoms with Crippen molar-refractivity contribution >= 4 is 17.5 Å².